The van der Waals surface area contributed by atoms with Crippen molar-refractivity contribution in [2.45, 2.75) is 83.5 Å². The summed E-state index contributed by atoms with van der Waals surface area (Å²) in [6.07, 6.45) is -1.03. The number of aryl methyl sites for hydroxylation is 1. The van der Waals surface area contributed by atoms with Crippen LogP contribution in [0.25, 0.3) is 0 Å². The maximum absolute atomic E-state index is 14.1. The van der Waals surface area contributed by atoms with E-state index in [2.05, 4.69) is 11.7 Å². The van der Waals surface area contributed by atoms with E-state index in [0.717, 1.165) is 63.9 Å². The molecule has 188 valence electrons. The van der Waals surface area contributed by atoms with Crippen molar-refractivity contribution in [3.05, 3.63) is 29.3 Å². The van der Waals surface area contributed by atoms with Gasteiger partial charge in [0.05, 0.1) is 13.2 Å². The van der Waals surface area contributed by atoms with Gasteiger partial charge in [0.15, 0.2) is 23.7 Å². The molecule has 3 nitrogen and oxygen atoms in total. The van der Waals surface area contributed by atoms with E-state index in [1.54, 1.807) is 0 Å². The zero-order valence-corrected chi connectivity index (χ0v) is 18.8. The van der Waals surface area contributed by atoms with Gasteiger partial charge in [0.2, 0.25) is 0 Å². The van der Waals surface area contributed by atoms with Crippen LogP contribution in [0.2, 0.25) is 0 Å². The normalized spacial score (nSPS) is 26.5. The maximum Gasteiger partial charge on any atom is 0.461 e. The molecule has 33 heavy (non-hydrogen) atoms. The van der Waals surface area contributed by atoms with Crippen LogP contribution >= 0.6 is 0 Å². The van der Waals surface area contributed by atoms with Crippen LogP contribution in [0.3, 0.4) is 0 Å². The minimum absolute atomic E-state index is 0.161. The first-order valence-electron chi connectivity index (χ1n) is 11.8. The molecule has 2 aliphatic rings. The number of ether oxygens (including phenoxy) is 3. The first-order valence-corrected chi connectivity index (χ1v) is 11.8. The third kappa shape index (κ3) is 7.25. The van der Waals surface area contributed by atoms with E-state index in [9.17, 15) is 26.3 Å². The smallest absolute Gasteiger partial charge is 0.422 e. The van der Waals surface area contributed by atoms with Gasteiger partial charge in [0, 0.05) is 11.8 Å². The Bertz CT molecular complexity index is 721. The van der Waals surface area contributed by atoms with Gasteiger partial charge in [0.25, 0.3) is 0 Å². The molecule has 0 amide bonds. The third-order valence-electron chi connectivity index (χ3n) is 6.63. The fourth-order valence-corrected chi connectivity index (χ4v) is 4.64. The van der Waals surface area contributed by atoms with E-state index in [0.29, 0.717) is 30.6 Å². The Morgan fingerprint density at radius 2 is 1.58 bits per heavy atom. The van der Waals surface area contributed by atoms with Crippen LogP contribution in [-0.2, 0) is 15.9 Å². The molecule has 1 heterocycles. The zero-order chi connectivity index (χ0) is 24.0. The molecule has 1 aromatic rings. The fourth-order valence-electron chi connectivity index (χ4n) is 4.64. The van der Waals surface area contributed by atoms with Crippen LogP contribution in [0.1, 0.15) is 63.9 Å². The number of unbranched alkanes of at least 4 members (excludes halogenated alkanes) is 1. The molecular formula is C24H32F6O3. The molecule has 0 spiro atoms. The zero-order valence-electron chi connectivity index (χ0n) is 18.8. The quantitative estimate of drug-likeness (QED) is 0.332. The lowest BCUT2D eigenvalue weighted by molar-refractivity contribution is -0.255. The molecule has 0 aromatic heterocycles. The van der Waals surface area contributed by atoms with Crippen molar-refractivity contribution in [1.82, 2.24) is 0 Å². The van der Waals surface area contributed by atoms with Gasteiger partial charge in [-0.25, -0.2) is 8.78 Å². The maximum atomic E-state index is 14.1. The van der Waals surface area contributed by atoms with Crippen molar-refractivity contribution < 1.29 is 40.6 Å². The highest BCUT2D eigenvalue weighted by atomic mass is 19.3. The first kappa shape index (κ1) is 26.1. The number of hydrogen-bond acceptors (Lipinski definition) is 3. The molecule has 1 aromatic carbocycles. The summed E-state index contributed by atoms with van der Waals surface area (Å²) >= 11 is 0. The summed E-state index contributed by atoms with van der Waals surface area (Å²) in [5.74, 6) is -3.15. The number of halogens is 6. The lowest BCUT2D eigenvalue weighted by Crippen LogP contribution is -2.38. The Labute approximate surface area is 190 Å². The SMILES string of the molecule is CCCCC1COC(C2CCC(CCc3cc(F)c(OC(F)(F)C(F)F)c(F)c3)CC2)OC1. The van der Waals surface area contributed by atoms with E-state index < -0.39 is 29.9 Å². The summed E-state index contributed by atoms with van der Waals surface area (Å²) in [5, 5.41) is 0. The number of benzene rings is 1. The lowest BCUT2D eigenvalue weighted by Gasteiger charge is -2.37. The molecule has 1 aliphatic carbocycles. The Balaban J connectivity index is 1.44. The fraction of sp³-hybridized carbons (Fsp3) is 0.750. The van der Waals surface area contributed by atoms with Crippen LogP contribution in [0.15, 0.2) is 12.1 Å². The van der Waals surface area contributed by atoms with Crippen molar-refractivity contribution in [1.29, 1.82) is 0 Å². The predicted octanol–water partition coefficient (Wildman–Crippen LogP) is 7.12. The van der Waals surface area contributed by atoms with Crippen molar-refractivity contribution in [2.75, 3.05) is 13.2 Å². The van der Waals surface area contributed by atoms with Crippen molar-refractivity contribution in [2.24, 2.45) is 17.8 Å². The van der Waals surface area contributed by atoms with Gasteiger partial charge in [-0.15, -0.1) is 0 Å². The highest BCUT2D eigenvalue weighted by Crippen LogP contribution is 2.37. The number of rotatable bonds is 10. The summed E-state index contributed by atoms with van der Waals surface area (Å²) in [6.45, 7) is 3.65. The molecule has 0 atom stereocenters. The molecule has 1 saturated heterocycles. The molecule has 0 N–H and O–H groups in total. The highest BCUT2D eigenvalue weighted by Gasteiger charge is 2.45. The highest BCUT2D eigenvalue weighted by molar-refractivity contribution is 5.31. The summed E-state index contributed by atoms with van der Waals surface area (Å²) in [4.78, 5) is 0. The molecule has 1 aliphatic heterocycles. The molecule has 3 rings (SSSR count). The molecule has 2 fully saturated rings. The Morgan fingerprint density at radius 1 is 0.970 bits per heavy atom. The van der Waals surface area contributed by atoms with Crippen molar-refractivity contribution in [3.63, 3.8) is 0 Å². The summed E-state index contributed by atoms with van der Waals surface area (Å²) in [6, 6.07) is 1.73. The van der Waals surface area contributed by atoms with Crippen LogP contribution in [0.5, 0.6) is 5.75 Å². The molecule has 0 bridgehead atoms. The van der Waals surface area contributed by atoms with Gasteiger partial charge in [-0.1, -0.05) is 19.8 Å². The second-order valence-corrected chi connectivity index (χ2v) is 9.22. The Kier molecular flexibility index (Phi) is 9.33. The average molecular weight is 483 g/mol. The van der Waals surface area contributed by atoms with E-state index in [1.165, 1.54) is 6.42 Å². The van der Waals surface area contributed by atoms with Crippen LogP contribution in [-0.4, -0.2) is 32.0 Å². The van der Waals surface area contributed by atoms with E-state index >= 15 is 0 Å². The van der Waals surface area contributed by atoms with Crippen LogP contribution in [0, 0.1) is 29.4 Å². The van der Waals surface area contributed by atoms with E-state index in [-0.39, 0.29) is 11.9 Å². The number of hydrogen-bond donors (Lipinski definition) is 0. The van der Waals surface area contributed by atoms with Crippen LogP contribution in [0.4, 0.5) is 26.3 Å². The minimum Gasteiger partial charge on any atom is -0.422 e. The van der Waals surface area contributed by atoms with Gasteiger partial charge < -0.3 is 14.2 Å². The average Bonchev–Trinajstić information content (AvgIpc) is 2.79. The largest absolute Gasteiger partial charge is 0.461 e. The minimum atomic E-state index is -4.97. The lowest BCUT2D eigenvalue weighted by atomic mass is 9.79. The van der Waals surface area contributed by atoms with Gasteiger partial charge >= 0.3 is 12.5 Å². The molecule has 1 saturated carbocycles. The summed E-state index contributed by atoms with van der Waals surface area (Å²) in [7, 11) is 0. The van der Waals surface area contributed by atoms with E-state index in [4.69, 9.17) is 9.47 Å². The second kappa shape index (κ2) is 11.8. The van der Waals surface area contributed by atoms with Crippen molar-refractivity contribution in [3.8, 4) is 5.75 Å². The predicted molar refractivity (Wildman–Crippen MR) is 110 cm³/mol. The second-order valence-electron chi connectivity index (χ2n) is 9.22. The van der Waals surface area contributed by atoms with Gasteiger partial charge in [-0.05, 0) is 68.6 Å². The van der Waals surface area contributed by atoms with Gasteiger partial charge in [-0.2, -0.15) is 17.6 Å². The van der Waals surface area contributed by atoms with Gasteiger partial charge in [0.1, 0.15) is 0 Å². The third-order valence-corrected chi connectivity index (χ3v) is 6.63. The van der Waals surface area contributed by atoms with Gasteiger partial charge in [-0.3, -0.25) is 0 Å². The molecular weight excluding hydrogens is 450 g/mol. The standard InChI is InChI=1S/C24H32F6O3/c1-2-3-4-17-13-31-22(32-14-17)18-9-7-15(8-10-18)5-6-16-11-19(25)21(20(26)12-16)33-24(29,30)23(27)28/h11-12,15,17-18,22-23H,2-10,13-14H2,1H3. The molecule has 0 unspecified atom stereocenters. The van der Waals surface area contributed by atoms with Crippen LogP contribution < -0.4 is 4.74 Å². The van der Waals surface area contributed by atoms with E-state index in [1.807, 2.05) is 0 Å². The Morgan fingerprint density at radius 3 is 2.12 bits per heavy atom. The topological polar surface area (TPSA) is 27.7 Å². The summed E-state index contributed by atoms with van der Waals surface area (Å²) < 4.78 is 94.1. The number of alkyl halides is 4. The van der Waals surface area contributed by atoms with Crippen molar-refractivity contribution >= 4 is 0 Å². The first-order chi connectivity index (χ1) is 15.7. The monoisotopic (exact) mass is 482 g/mol. The molecule has 9 heteroatoms. The Hall–Kier alpha value is -1.48. The molecule has 0 radical (unpaired) electrons. The summed E-state index contributed by atoms with van der Waals surface area (Å²) in [5.41, 5.74) is 0.275.